The van der Waals surface area contributed by atoms with Crippen molar-refractivity contribution in [1.29, 1.82) is 0 Å². The number of anilines is 1. The van der Waals surface area contributed by atoms with Crippen LogP contribution in [0.1, 0.15) is 37.0 Å². The molecule has 178 valence electrons. The molecule has 0 atom stereocenters. The van der Waals surface area contributed by atoms with E-state index >= 15 is 0 Å². The maximum absolute atomic E-state index is 12.7. The minimum absolute atomic E-state index is 0.0281. The van der Waals surface area contributed by atoms with Gasteiger partial charge in [-0.05, 0) is 36.6 Å². The predicted octanol–water partition coefficient (Wildman–Crippen LogP) is 3.84. The lowest BCUT2D eigenvalue weighted by atomic mass is 10.1. The number of carbonyl (C=O) groups excluding carboxylic acids is 3. The fourth-order valence-electron chi connectivity index (χ4n) is 2.89. The Morgan fingerprint density at radius 1 is 1.12 bits per heavy atom. The lowest BCUT2D eigenvalue weighted by Gasteiger charge is -2.22. The smallest absolute Gasteiger partial charge is 0.338 e. The largest absolute Gasteiger partial charge is 0.493 e. The molecule has 0 aliphatic carbocycles. The Labute approximate surface area is 198 Å². The van der Waals surface area contributed by atoms with Gasteiger partial charge in [0.2, 0.25) is 5.91 Å². The molecule has 2 amide bonds. The number of hydrogen-bond donors (Lipinski definition) is 1. The van der Waals surface area contributed by atoms with E-state index in [1.807, 2.05) is 0 Å². The summed E-state index contributed by atoms with van der Waals surface area (Å²) in [5.74, 6) is -0.702. The van der Waals surface area contributed by atoms with Crippen molar-refractivity contribution in [2.24, 2.45) is 11.7 Å². The van der Waals surface area contributed by atoms with Crippen LogP contribution in [0.5, 0.6) is 11.5 Å². The zero-order valence-corrected chi connectivity index (χ0v) is 19.8. The molecule has 0 fully saturated rings. The number of amides is 2. The Morgan fingerprint density at radius 3 is 2.42 bits per heavy atom. The topological polar surface area (TPSA) is 108 Å². The van der Waals surface area contributed by atoms with Gasteiger partial charge in [0.25, 0.3) is 5.91 Å². The molecule has 0 spiro atoms. The molecule has 2 aromatic rings. The van der Waals surface area contributed by atoms with Gasteiger partial charge in [-0.3, -0.25) is 9.59 Å². The van der Waals surface area contributed by atoms with Gasteiger partial charge in [-0.1, -0.05) is 43.6 Å². The third-order valence-corrected chi connectivity index (χ3v) is 4.96. The molecule has 0 unspecified atom stereocenters. The van der Waals surface area contributed by atoms with E-state index < -0.39 is 24.4 Å². The molecular weight excluding hydrogens is 448 g/mol. The monoisotopic (exact) mass is 476 g/mol. The van der Waals surface area contributed by atoms with E-state index in [1.165, 1.54) is 24.1 Å². The molecule has 0 saturated carbocycles. The van der Waals surface area contributed by atoms with E-state index in [0.29, 0.717) is 24.0 Å². The van der Waals surface area contributed by atoms with Crippen molar-refractivity contribution in [3.63, 3.8) is 0 Å². The Morgan fingerprint density at radius 2 is 1.82 bits per heavy atom. The van der Waals surface area contributed by atoms with E-state index in [-0.39, 0.29) is 29.3 Å². The molecule has 0 radical (unpaired) electrons. The van der Waals surface area contributed by atoms with Crippen LogP contribution in [0.25, 0.3) is 0 Å². The Bertz CT molecular complexity index is 965. The summed E-state index contributed by atoms with van der Waals surface area (Å²) >= 11 is 6.31. The molecule has 2 N–H and O–H groups in total. The summed E-state index contributed by atoms with van der Waals surface area (Å²) in [6.07, 6.45) is 0.804. The van der Waals surface area contributed by atoms with Crippen LogP contribution < -0.4 is 20.1 Å². The molecule has 0 aliphatic heterocycles. The Kier molecular flexibility index (Phi) is 10.00. The summed E-state index contributed by atoms with van der Waals surface area (Å²) in [6.45, 7) is 4.15. The van der Waals surface area contributed by atoms with Crippen molar-refractivity contribution in [3.8, 4) is 11.5 Å². The van der Waals surface area contributed by atoms with E-state index in [1.54, 1.807) is 30.3 Å². The molecule has 33 heavy (non-hydrogen) atoms. The van der Waals surface area contributed by atoms with Crippen LogP contribution in [-0.2, 0) is 14.3 Å². The first kappa shape index (κ1) is 26.0. The highest BCUT2D eigenvalue weighted by atomic mass is 35.5. The fourth-order valence-corrected chi connectivity index (χ4v) is 3.16. The number of nitrogens with two attached hydrogens (primary N) is 1. The van der Waals surface area contributed by atoms with Gasteiger partial charge in [0.05, 0.1) is 24.3 Å². The second kappa shape index (κ2) is 12.7. The minimum Gasteiger partial charge on any atom is -0.493 e. The number of nitrogens with zero attached hydrogens (tertiary/aromatic N) is 1. The number of para-hydroxylation sites is 1. The molecule has 0 heterocycles. The summed E-state index contributed by atoms with van der Waals surface area (Å²) in [7, 11) is 1.44. The molecular formula is C24H29ClN2O6. The average Bonchev–Trinajstić information content (AvgIpc) is 2.78. The summed E-state index contributed by atoms with van der Waals surface area (Å²) in [5.41, 5.74) is 5.90. The lowest BCUT2D eigenvalue weighted by Crippen LogP contribution is -2.37. The van der Waals surface area contributed by atoms with Gasteiger partial charge in [-0.2, -0.15) is 0 Å². The molecule has 0 bridgehead atoms. The molecule has 0 aromatic heterocycles. The number of ether oxygens (including phenoxy) is 3. The van der Waals surface area contributed by atoms with E-state index in [2.05, 4.69) is 13.8 Å². The molecule has 2 rings (SSSR count). The highest BCUT2D eigenvalue weighted by molar-refractivity contribution is 6.32. The van der Waals surface area contributed by atoms with Crippen LogP contribution in [0, 0.1) is 5.92 Å². The third kappa shape index (κ3) is 7.98. The quantitative estimate of drug-likeness (QED) is 0.466. The second-order valence-corrected chi connectivity index (χ2v) is 8.10. The van der Waals surface area contributed by atoms with Crippen molar-refractivity contribution < 1.29 is 28.6 Å². The summed E-state index contributed by atoms with van der Waals surface area (Å²) < 4.78 is 16.2. The SMILES string of the molecule is COc1cc(C(=O)OCC(=O)N(CCC(N)=O)c2ccccc2)cc(Cl)c1OCCC(C)C. The first-order valence-corrected chi connectivity index (χ1v) is 10.9. The summed E-state index contributed by atoms with van der Waals surface area (Å²) in [6, 6.07) is 11.6. The van der Waals surface area contributed by atoms with Crippen LogP contribution in [0.2, 0.25) is 5.02 Å². The van der Waals surface area contributed by atoms with Crippen molar-refractivity contribution in [1.82, 2.24) is 0 Å². The van der Waals surface area contributed by atoms with Crippen LogP contribution in [-0.4, -0.2) is 44.7 Å². The van der Waals surface area contributed by atoms with E-state index in [4.69, 9.17) is 31.5 Å². The molecule has 8 nitrogen and oxygen atoms in total. The lowest BCUT2D eigenvalue weighted by molar-refractivity contribution is -0.121. The number of carbonyl (C=O) groups is 3. The minimum atomic E-state index is -0.750. The van der Waals surface area contributed by atoms with Gasteiger partial charge in [0, 0.05) is 18.7 Å². The van der Waals surface area contributed by atoms with Crippen molar-refractivity contribution in [2.75, 3.05) is 31.8 Å². The second-order valence-electron chi connectivity index (χ2n) is 7.69. The van der Waals surface area contributed by atoms with Crippen LogP contribution in [0.3, 0.4) is 0 Å². The Balaban J connectivity index is 2.09. The van der Waals surface area contributed by atoms with Crippen molar-refractivity contribution in [2.45, 2.75) is 26.7 Å². The van der Waals surface area contributed by atoms with Gasteiger partial charge in [-0.15, -0.1) is 0 Å². The van der Waals surface area contributed by atoms with Crippen LogP contribution in [0.15, 0.2) is 42.5 Å². The standard InChI is InChI=1S/C24H29ClN2O6/c1-16(2)10-12-32-23-19(25)13-17(14-20(23)31-3)24(30)33-15-22(29)27(11-9-21(26)28)18-7-5-4-6-8-18/h4-8,13-14,16H,9-12,15H2,1-3H3,(H2,26,28). The summed E-state index contributed by atoms with van der Waals surface area (Å²) in [5, 5.41) is 0.198. The first-order valence-electron chi connectivity index (χ1n) is 10.5. The first-order chi connectivity index (χ1) is 15.7. The maximum Gasteiger partial charge on any atom is 0.338 e. The zero-order chi connectivity index (χ0) is 24.4. The van der Waals surface area contributed by atoms with Gasteiger partial charge in [0.1, 0.15) is 0 Å². The average molecular weight is 477 g/mol. The molecule has 9 heteroatoms. The van der Waals surface area contributed by atoms with Crippen molar-refractivity contribution in [3.05, 3.63) is 53.1 Å². The number of esters is 1. The van der Waals surface area contributed by atoms with Crippen molar-refractivity contribution >= 4 is 35.1 Å². The fraction of sp³-hybridized carbons (Fsp3) is 0.375. The highest BCUT2D eigenvalue weighted by Gasteiger charge is 2.21. The van der Waals surface area contributed by atoms with Gasteiger partial charge in [-0.25, -0.2) is 4.79 Å². The van der Waals surface area contributed by atoms with Gasteiger partial charge >= 0.3 is 5.97 Å². The normalized spacial score (nSPS) is 10.6. The van der Waals surface area contributed by atoms with Gasteiger partial charge < -0.3 is 24.8 Å². The third-order valence-electron chi connectivity index (χ3n) is 4.68. The summed E-state index contributed by atoms with van der Waals surface area (Å²) in [4.78, 5) is 37.9. The number of halogens is 1. The van der Waals surface area contributed by atoms with Gasteiger partial charge in [0.15, 0.2) is 18.1 Å². The van der Waals surface area contributed by atoms with E-state index in [0.717, 1.165) is 6.42 Å². The number of methoxy groups -OCH3 is 1. The number of rotatable bonds is 12. The number of benzene rings is 2. The predicted molar refractivity (Wildman–Crippen MR) is 126 cm³/mol. The molecule has 0 saturated heterocycles. The van der Waals surface area contributed by atoms with Crippen LogP contribution >= 0.6 is 11.6 Å². The maximum atomic E-state index is 12.7. The zero-order valence-electron chi connectivity index (χ0n) is 19.0. The number of hydrogen-bond acceptors (Lipinski definition) is 6. The highest BCUT2D eigenvalue weighted by Crippen LogP contribution is 2.37. The van der Waals surface area contributed by atoms with Crippen LogP contribution in [0.4, 0.5) is 5.69 Å². The Hall–Kier alpha value is -3.26. The molecule has 2 aromatic carbocycles. The van der Waals surface area contributed by atoms with E-state index in [9.17, 15) is 14.4 Å². The molecule has 0 aliphatic rings. The number of primary amides is 1.